The Morgan fingerprint density at radius 2 is 0.852 bits per heavy atom. The van der Waals surface area contributed by atoms with Gasteiger partial charge in [0.05, 0.1) is 22.4 Å². The van der Waals surface area contributed by atoms with Crippen molar-refractivity contribution in [2.45, 2.75) is 0 Å². The topological polar surface area (TPSA) is 8.17 Å². The fraction of sp³-hybridized carbons (Fsp3) is 0. The van der Waals surface area contributed by atoms with Gasteiger partial charge in [-0.1, -0.05) is 170 Å². The SMILES string of the molecule is c1ccc(-c2ccc(-c3ccccc3)c(N(c3ccc4c5ccccc5n(-c5ccccc5)c4c3)c3cc4ccccc4cc3-c3ccccc3)c2)cc1. The van der Waals surface area contributed by atoms with Crippen LogP contribution in [0.2, 0.25) is 0 Å². The summed E-state index contributed by atoms with van der Waals surface area (Å²) in [5.74, 6) is 0. The minimum absolute atomic E-state index is 1.08. The molecule has 254 valence electrons. The second-order valence-corrected chi connectivity index (χ2v) is 13.8. The molecule has 0 radical (unpaired) electrons. The molecule has 0 fully saturated rings. The molecule has 10 aromatic rings. The van der Waals surface area contributed by atoms with Crippen molar-refractivity contribution >= 4 is 49.6 Å². The van der Waals surface area contributed by atoms with E-state index < -0.39 is 0 Å². The Balaban J connectivity index is 1.33. The highest BCUT2D eigenvalue weighted by Crippen LogP contribution is 2.48. The van der Waals surface area contributed by atoms with Gasteiger partial charge in [0.2, 0.25) is 0 Å². The summed E-state index contributed by atoms with van der Waals surface area (Å²) in [6.07, 6.45) is 0. The second-order valence-electron chi connectivity index (χ2n) is 13.8. The van der Waals surface area contributed by atoms with Crippen molar-refractivity contribution in [2.24, 2.45) is 0 Å². The minimum atomic E-state index is 1.08. The van der Waals surface area contributed by atoms with Gasteiger partial charge in [-0.25, -0.2) is 0 Å². The third kappa shape index (κ3) is 5.53. The molecule has 0 bridgehead atoms. The van der Waals surface area contributed by atoms with Crippen LogP contribution >= 0.6 is 0 Å². The van der Waals surface area contributed by atoms with E-state index in [0.717, 1.165) is 39.4 Å². The average molecular weight is 689 g/mol. The van der Waals surface area contributed by atoms with Gasteiger partial charge in [-0.15, -0.1) is 0 Å². The zero-order valence-corrected chi connectivity index (χ0v) is 29.7. The number of aromatic nitrogens is 1. The lowest BCUT2D eigenvalue weighted by Gasteiger charge is -2.31. The Bertz CT molecular complexity index is 2910. The summed E-state index contributed by atoms with van der Waals surface area (Å²) in [5.41, 5.74) is 13.8. The Kier molecular flexibility index (Phi) is 7.85. The molecule has 0 atom stereocenters. The van der Waals surface area contributed by atoms with Crippen molar-refractivity contribution in [1.82, 2.24) is 4.57 Å². The van der Waals surface area contributed by atoms with Crippen LogP contribution in [0, 0.1) is 0 Å². The number of fused-ring (bicyclic) bond motifs is 4. The second kappa shape index (κ2) is 13.4. The lowest BCUT2D eigenvalue weighted by molar-refractivity contribution is 1.18. The average Bonchev–Trinajstić information content (AvgIpc) is 3.58. The molecule has 0 spiro atoms. The molecule has 0 aliphatic rings. The largest absolute Gasteiger partial charge is 0.309 e. The van der Waals surface area contributed by atoms with Crippen LogP contribution in [0.25, 0.3) is 71.6 Å². The van der Waals surface area contributed by atoms with Gasteiger partial charge in [-0.2, -0.15) is 0 Å². The van der Waals surface area contributed by atoms with Crippen molar-refractivity contribution in [2.75, 3.05) is 4.90 Å². The molecular formula is C52H36N2. The monoisotopic (exact) mass is 688 g/mol. The van der Waals surface area contributed by atoms with Crippen molar-refractivity contribution in [1.29, 1.82) is 0 Å². The van der Waals surface area contributed by atoms with Crippen LogP contribution in [0.1, 0.15) is 0 Å². The van der Waals surface area contributed by atoms with Crippen LogP contribution in [0.5, 0.6) is 0 Å². The number of benzene rings is 9. The molecule has 0 aliphatic heterocycles. The number of rotatable bonds is 7. The molecule has 10 rings (SSSR count). The van der Waals surface area contributed by atoms with Gasteiger partial charge < -0.3 is 9.47 Å². The summed E-state index contributed by atoms with van der Waals surface area (Å²) in [6.45, 7) is 0. The number of nitrogens with zero attached hydrogens (tertiary/aromatic N) is 2. The molecule has 0 aliphatic carbocycles. The Morgan fingerprint density at radius 1 is 0.315 bits per heavy atom. The smallest absolute Gasteiger partial charge is 0.0561 e. The van der Waals surface area contributed by atoms with Gasteiger partial charge in [0.15, 0.2) is 0 Å². The van der Waals surface area contributed by atoms with Crippen molar-refractivity contribution < 1.29 is 0 Å². The lowest BCUT2D eigenvalue weighted by Crippen LogP contribution is -2.13. The summed E-state index contributed by atoms with van der Waals surface area (Å²) in [5, 5.41) is 4.86. The van der Waals surface area contributed by atoms with Crippen LogP contribution in [0.3, 0.4) is 0 Å². The zero-order chi connectivity index (χ0) is 35.8. The fourth-order valence-corrected chi connectivity index (χ4v) is 8.01. The molecule has 0 amide bonds. The molecule has 54 heavy (non-hydrogen) atoms. The maximum absolute atomic E-state index is 2.50. The maximum atomic E-state index is 2.50. The van der Waals surface area contributed by atoms with Gasteiger partial charge in [-0.05, 0) is 81.6 Å². The van der Waals surface area contributed by atoms with Crippen molar-refractivity contribution in [3.63, 3.8) is 0 Å². The van der Waals surface area contributed by atoms with E-state index in [0.29, 0.717) is 0 Å². The highest BCUT2D eigenvalue weighted by Gasteiger charge is 2.24. The maximum Gasteiger partial charge on any atom is 0.0561 e. The standard InChI is InChI=1S/C52H36N2/c1-5-17-37(18-6-1)42-29-31-45(38-19-7-2-8-20-38)50(35-42)54(51-34-41-24-14-13-23-40(41)33-48(51)39-21-9-3-10-22-39)44-30-32-47-46-27-15-16-28-49(46)53(52(47)36-44)43-25-11-4-12-26-43/h1-36H. The van der Waals surface area contributed by atoms with Crippen LogP contribution in [-0.4, -0.2) is 4.57 Å². The van der Waals surface area contributed by atoms with E-state index in [4.69, 9.17) is 0 Å². The molecule has 0 unspecified atom stereocenters. The van der Waals surface area contributed by atoms with Gasteiger partial charge in [-0.3, -0.25) is 0 Å². The first kappa shape index (κ1) is 31.6. The quantitative estimate of drug-likeness (QED) is 0.162. The predicted molar refractivity (Wildman–Crippen MR) is 229 cm³/mol. The summed E-state index contributed by atoms with van der Waals surface area (Å²) < 4.78 is 2.41. The highest BCUT2D eigenvalue weighted by molar-refractivity contribution is 6.11. The zero-order valence-electron chi connectivity index (χ0n) is 29.7. The summed E-state index contributed by atoms with van der Waals surface area (Å²) in [6, 6.07) is 79.1. The fourth-order valence-electron chi connectivity index (χ4n) is 8.01. The molecule has 2 nitrogen and oxygen atoms in total. The van der Waals surface area contributed by atoms with Crippen molar-refractivity contribution in [3.05, 3.63) is 218 Å². The lowest BCUT2D eigenvalue weighted by atomic mass is 9.94. The van der Waals surface area contributed by atoms with E-state index in [-0.39, 0.29) is 0 Å². The number of hydrogen-bond acceptors (Lipinski definition) is 1. The predicted octanol–water partition coefficient (Wildman–Crippen LogP) is 14.4. The van der Waals surface area contributed by atoms with Crippen LogP contribution < -0.4 is 4.90 Å². The van der Waals surface area contributed by atoms with Gasteiger partial charge in [0, 0.05) is 33.3 Å². The summed E-state index contributed by atoms with van der Waals surface area (Å²) in [4.78, 5) is 2.50. The molecule has 9 aromatic carbocycles. The third-order valence-electron chi connectivity index (χ3n) is 10.6. The third-order valence-corrected chi connectivity index (χ3v) is 10.6. The molecule has 0 N–H and O–H groups in total. The summed E-state index contributed by atoms with van der Waals surface area (Å²) >= 11 is 0. The molecule has 2 heteroatoms. The van der Waals surface area contributed by atoms with E-state index in [9.17, 15) is 0 Å². The highest BCUT2D eigenvalue weighted by atomic mass is 15.2. The minimum Gasteiger partial charge on any atom is -0.309 e. The Morgan fingerprint density at radius 3 is 1.56 bits per heavy atom. The van der Waals surface area contributed by atoms with E-state index >= 15 is 0 Å². The molecule has 1 heterocycles. The molecule has 1 aromatic heterocycles. The van der Waals surface area contributed by atoms with Crippen LogP contribution in [0.4, 0.5) is 17.1 Å². The Hall–Kier alpha value is -7.16. The first-order valence-electron chi connectivity index (χ1n) is 18.5. The van der Waals surface area contributed by atoms with E-state index in [1.807, 2.05) is 0 Å². The normalized spacial score (nSPS) is 11.3. The van der Waals surface area contributed by atoms with Gasteiger partial charge in [0.25, 0.3) is 0 Å². The summed E-state index contributed by atoms with van der Waals surface area (Å²) in [7, 11) is 0. The molecule has 0 saturated heterocycles. The van der Waals surface area contributed by atoms with Crippen molar-refractivity contribution in [3.8, 4) is 39.1 Å². The first-order valence-corrected chi connectivity index (χ1v) is 18.5. The molecule has 0 saturated carbocycles. The number of para-hydroxylation sites is 2. The Labute approximate surface area is 315 Å². The first-order chi connectivity index (χ1) is 26.8. The number of hydrogen-bond donors (Lipinski definition) is 0. The van der Waals surface area contributed by atoms with E-state index in [1.165, 1.54) is 49.3 Å². The van der Waals surface area contributed by atoms with Crippen LogP contribution in [-0.2, 0) is 0 Å². The van der Waals surface area contributed by atoms with Gasteiger partial charge >= 0.3 is 0 Å². The number of anilines is 3. The van der Waals surface area contributed by atoms with Gasteiger partial charge in [0.1, 0.15) is 0 Å². The van der Waals surface area contributed by atoms with Crippen LogP contribution in [0.15, 0.2) is 218 Å². The van der Waals surface area contributed by atoms with E-state index in [2.05, 4.69) is 228 Å². The molecular weight excluding hydrogens is 653 g/mol. The van der Waals surface area contributed by atoms with E-state index in [1.54, 1.807) is 0 Å².